The molecule has 6 nitrogen and oxygen atoms in total. The number of amides is 1. The van der Waals surface area contributed by atoms with Crippen molar-refractivity contribution in [1.29, 1.82) is 0 Å². The lowest BCUT2D eigenvalue weighted by Crippen LogP contribution is -2.37. The molecule has 0 unspecified atom stereocenters. The molecule has 1 atom stereocenters. The van der Waals surface area contributed by atoms with Crippen molar-refractivity contribution < 1.29 is 19.4 Å². The molecule has 21 heavy (non-hydrogen) atoms. The first-order chi connectivity index (χ1) is 10.1. The molecule has 3 rings (SSSR count). The highest BCUT2D eigenvalue weighted by molar-refractivity contribution is 5.98. The van der Waals surface area contributed by atoms with Crippen molar-refractivity contribution >= 4 is 11.9 Å². The molecule has 0 bridgehead atoms. The summed E-state index contributed by atoms with van der Waals surface area (Å²) >= 11 is 0. The third-order valence-corrected chi connectivity index (χ3v) is 4.47. The van der Waals surface area contributed by atoms with Crippen LogP contribution in [0.25, 0.3) is 0 Å². The Morgan fingerprint density at radius 1 is 1.43 bits per heavy atom. The molecule has 1 aromatic rings. The molecule has 1 saturated heterocycles. The van der Waals surface area contributed by atoms with Gasteiger partial charge in [0.25, 0.3) is 5.91 Å². The van der Waals surface area contributed by atoms with Crippen molar-refractivity contribution in [3.8, 4) is 0 Å². The van der Waals surface area contributed by atoms with Crippen LogP contribution in [-0.4, -0.2) is 45.6 Å². The van der Waals surface area contributed by atoms with Gasteiger partial charge in [0.05, 0.1) is 24.5 Å². The molecule has 114 valence electrons. The lowest BCUT2D eigenvalue weighted by molar-refractivity contribution is 0.0637. The number of nitrogens with zero attached hydrogens (tertiary/aromatic N) is 2. The van der Waals surface area contributed by atoms with Crippen LogP contribution in [-0.2, 0) is 17.9 Å². The molecule has 0 aromatic carbocycles. The van der Waals surface area contributed by atoms with Crippen LogP contribution in [0.15, 0.2) is 6.07 Å². The molecule has 1 amide bonds. The minimum absolute atomic E-state index is 0.0463. The first-order valence-corrected chi connectivity index (χ1v) is 7.48. The number of hydrogen-bond acceptors (Lipinski definition) is 3. The number of ether oxygens (including phenoxy) is 1. The quantitative estimate of drug-likeness (QED) is 0.921. The number of rotatable bonds is 3. The molecule has 2 aliphatic heterocycles. The summed E-state index contributed by atoms with van der Waals surface area (Å²) in [4.78, 5) is 26.0. The molecule has 1 fully saturated rings. The molecule has 1 N–H and O–H groups in total. The summed E-state index contributed by atoms with van der Waals surface area (Å²) in [6, 6.07) is 1.79. The summed E-state index contributed by atoms with van der Waals surface area (Å²) < 4.78 is 7.16. The summed E-state index contributed by atoms with van der Waals surface area (Å²) in [6.45, 7) is 4.15. The number of carboxylic acid groups (broad SMARTS) is 1. The fourth-order valence-corrected chi connectivity index (χ4v) is 3.36. The van der Waals surface area contributed by atoms with Crippen LogP contribution in [0, 0.1) is 0 Å². The molecule has 0 spiro atoms. The van der Waals surface area contributed by atoms with Gasteiger partial charge in [0, 0.05) is 19.1 Å². The van der Waals surface area contributed by atoms with Gasteiger partial charge in [0.2, 0.25) is 0 Å². The highest BCUT2D eigenvalue weighted by atomic mass is 16.5. The molecule has 1 aromatic heterocycles. The van der Waals surface area contributed by atoms with E-state index >= 15 is 0 Å². The second-order valence-electron chi connectivity index (χ2n) is 5.60. The van der Waals surface area contributed by atoms with Crippen LogP contribution in [0.2, 0.25) is 0 Å². The fraction of sp³-hybridized carbons (Fsp3) is 0.600. The van der Waals surface area contributed by atoms with Gasteiger partial charge in [-0.3, -0.25) is 4.79 Å². The fourth-order valence-electron chi connectivity index (χ4n) is 3.36. The van der Waals surface area contributed by atoms with E-state index in [1.165, 1.54) is 6.07 Å². The summed E-state index contributed by atoms with van der Waals surface area (Å²) in [5.74, 6) is -1.05. The first-order valence-electron chi connectivity index (χ1n) is 7.48. The van der Waals surface area contributed by atoms with Gasteiger partial charge in [-0.25, -0.2) is 4.79 Å². The predicted molar refractivity (Wildman–Crippen MR) is 75.4 cm³/mol. The van der Waals surface area contributed by atoms with E-state index in [2.05, 4.69) is 6.92 Å². The Kier molecular flexibility index (Phi) is 3.71. The standard InChI is InChI=1S/C15H20N2O4/c1-2-10-4-3-5-16(10)14(18)12-8-11(15(19)20)13-9-21-7-6-17(12)13/h8,10H,2-7,9H2,1H3,(H,19,20)/t10-/m1/s1. The van der Waals surface area contributed by atoms with Crippen molar-refractivity contribution in [3.05, 3.63) is 23.0 Å². The third kappa shape index (κ3) is 2.33. The Bertz CT molecular complexity index is 578. The van der Waals surface area contributed by atoms with Crippen LogP contribution in [0.3, 0.4) is 0 Å². The van der Waals surface area contributed by atoms with Crippen molar-refractivity contribution in [2.45, 2.75) is 45.4 Å². The summed E-state index contributed by atoms with van der Waals surface area (Å²) in [6.07, 6.45) is 2.99. The van der Waals surface area contributed by atoms with Crippen LogP contribution in [0.4, 0.5) is 0 Å². The van der Waals surface area contributed by atoms with E-state index in [4.69, 9.17) is 4.74 Å². The number of carboxylic acids is 1. The minimum Gasteiger partial charge on any atom is -0.478 e. The minimum atomic E-state index is -1.00. The lowest BCUT2D eigenvalue weighted by atomic mass is 10.1. The van der Waals surface area contributed by atoms with Crippen molar-refractivity contribution in [2.75, 3.05) is 13.2 Å². The second-order valence-corrected chi connectivity index (χ2v) is 5.60. The Labute approximate surface area is 123 Å². The van der Waals surface area contributed by atoms with Crippen LogP contribution in [0.5, 0.6) is 0 Å². The number of carbonyl (C=O) groups is 2. The molecule has 2 aliphatic rings. The smallest absolute Gasteiger partial charge is 0.337 e. The van der Waals surface area contributed by atoms with Gasteiger partial charge >= 0.3 is 5.97 Å². The van der Waals surface area contributed by atoms with Crippen LogP contribution in [0.1, 0.15) is 52.7 Å². The lowest BCUT2D eigenvalue weighted by Gasteiger charge is -2.25. The number of fused-ring (bicyclic) bond motifs is 1. The second kappa shape index (κ2) is 5.52. The average Bonchev–Trinajstić information content (AvgIpc) is 3.11. The van der Waals surface area contributed by atoms with Crippen LogP contribution < -0.4 is 0 Å². The maximum absolute atomic E-state index is 12.8. The van der Waals surface area contributed by atoms with Gasteiger partial charge < -0.3 is 19.3 Å². The van der Waals surface area contributed by atoms with Gasteiger partial charge in [0.1, 0.15) is 5.69 Å². The highest BCUT2D eigenvalue weighted by Crippen LogP contribution is 2.26. The van der Waals surface area contributed by atoms with Gasteiger partial charge in [-0.1, -0.05) is 6.92 Å². The normalized spacial score (nSPS) is 21.4. The summed E-state index contributed by atoms with van der Waals surface area (Å²) in [7, 11) is 0. The highest BCUT2D eigenvalue weighted by Gasteiger charge is 2.32. The number of carbonyl (C=O) groups excluding carboxylic acids is 1. The van der Waals surface area contributed by atoms with E-state index < -0.39 is 5.97 Å². The molecule has 0 saturated carbocycles. The topological polar surface area (TPSA) is 71.8 Å². The Morgan fingerprint density at radius 3 is 2.95 bits per heavy atom. The number of likely N-dealkylation sites (tertiary alicyclic amines) is 1. The maximum Gasteiger partial charge on any atom is 0.337 e. The summed E-state index contributed by atoms with van der Waals surface area (Å²) in [5, 5.41) is 9.31. The molecule has 0 radical (unpaired) electrons. The Balaban J connectivity index is 1.98. The van der Waals surface area contributed by atoms with Crippen LogP contribution >= 0.6 is 0 Å². The zero-order valence-corrected chi connectivity index (χ0v) is 12.2. The van der Waals surface area contributed by atoms with E-state index in [1.807, 2.05) is 9.47 Å². The van der Waals surface area contributed by atoms with Crippen molar-refractivity contribution in [1.82, 2.24) is 9.47 Å². The zero-order valence-electron chi connectivity index (χ0n) is 12.2. The molecular formula is C15H20N2O4. The van der Waals surface area contributed by atoms with Gasteiger partial charge in [-0.05, 0) is 25.3 Å². The average molecular weight is 292 g/mol. The largest absolute Gasteiger partial charge is 0.478 e. The van der Waals surface area contributed by atoms with E-state index in [0.717, 1.165) is 25.8 Å². The third-order valence-electron chi connectivity index (χ3n) is 4.47. The van der Waals surface area contributed by atoms with E-state index in [1.54, 1.807) is 0 Å². The maximum atomic E-state index is 12.8. The molecule has 0 aliphatic carbocycles. The van der Waals surface area contributed by atoms with Crippen molar-refractivity contribution in [2.24, 2.45) is 0 Å². The van der Waals surface area contributed by atoms with E-state index in [-0.39, 0.29) is 24.1 Å². The van der Waals surface area contributed by atoms with Gasteiger partial charge in [-0.15, -0.1) is 0 Å². The number of hydrogen-bond donors (Lipinski definition) is 1. The van der Waals surface area contributed by atoms with Gasteiger partial charge in [0.15, 0.2) is 0 Å². The Morgan fingerprint density at radius 2 is 2.24 bits per heavy atom. The van der Waals surface area contributed by atoms with E-state index in [0.29, 0.717) is 24.5 Å². The Hall–Kier alpha value is -1.82. The monoisotopic (exact) mass is 292 g/mol. The molecule has 6 heteroatoms. The van der Waals surface area contributed by atoms with Gasteiger partial charge in [-0.2, -0.15) is 0 Å². The number of aromatic nitrogens is 1. The molecular weight excluding hydrogens is 272 g/mol. The molecule has 3 heterocycles. The summed E-state index contributed by atoms with van der Waals surface area (Å²) in [5.41, 5.74) is 1.28. The number of aromatic carboxylic acids is 1. The first kappa shape index (κ1) is 14.1. The zero-order chi connectivity index (χ0) is 15.0. The van der Waals surface area contributed by atoms with Crippen molar-refractivity contribution in [3.63, 3.8) is 0 Å². The SMILES string of the molecule is CC[C@@H]1CCCN1C(=O)c1cc(C(=O)O)c2n1CCOC2. The predicted octanol–water partition coefficient (Wildman–Crippen LogP) is 1.73. The van der Waals surface area contributed by atoms with E-state index in [9.17, 15) is 14.7 Å².